The number of ether oxygens (including phenoxy) is 1. The molecule has 0 unspecified atom stereocenters. The Labute approximate surface area is 113 Å². The molecule has 2 rings (SSSR count). The van der Waals surface area contributed by atoms with E-state index in [9.17, 15) is 9.90 Å². The number of hydrogen-bond acceptors (Lipinski definition) is 4. The van der Waals surface area contributed by atoms with Gasteiger partial charge in [0.1, 0.15) is 5.75 Å². The Morgan fingerprint density at radius 2 is 2.42 bits per heavy atom. The van der Waals surface area contributed by atoms with E-state index in [1.807, 2.05) is 6.92 Å². The molecule has 1 aliphatic rings. The van der Waals surface area contributed by atoms with Crippen LogP contribution in [0.4, 0.5) is 0 Å². The fourth-order valence-corrected chi connectivity index (χ4v) is 2.29. The molecule has 1 N–H and O–H groups in total. The molecule has 1 aromatic heterocycles. The second kappa shape index (κ2) is 6.52. The van der Waals surface area contributed by atoms with Crippen molar-refractivity contribution < 1.29 is 14.6 Å². The summed E-state index contributed by atoms with van der Waals surface area (Å²) in [5.41, 5.74) is 0.299. The molecule has 0 aliphatic carbocycles. The summed E-state index contributed by atoms with van der Waals surface area (Å²) in [5, 5.41) is 9.69. The fraction of sp³-hybridized carbons (Fsp3) is 0.571. The highest BCUT2D eigenvalue weighted by atomic mass is 16.5. The number of aromatic hydroxyl groups is 1. The molecule has 0 radical (unpaired) electrons. The zero-order chi connectivity index (χ0) is 13.7. The summed E-state index contributed by atoms with van der Waals surface area (Å²) in [4.78, 5) is 17.8. The Morgan fingerprint density at radius 1 is 1.58 bits per heavy atom. The Kier molecular flexibility index (Phi) is 4.74. The smallest absolute Gasteiger partial charge is 0.257 e. The van der Waals surface area contributed by atoms with Crippen LogP contribution in [0.2, 0.25) is 0 Å². The number of pyridine rings is 1. The molecule has 1 saturated heterocycles. The number of nitrogens with zero attached hydrogens (tertiary/aromatic N) is 2. The summed E-state index contributed by atoms with van der Waals surface area (Å²) in [6, 6.07) is 1.54. The van der Waals surface area contributed by atoms with Gasteiger partial charge in [-0.25, -0.2) is 0 Å². The Balaban J connectivity index is 2.04. The summed E-state index contributed by atoms with van der Waals surface area (Å²) in [6.45, 7) is 3.88. The first-order valence-electron chi connectivity index (χ1n) is 6.76. The van der Waals surface area contributed by atoms with Gasteiger partial charge in [0.05, 0.1) is 17.9 Å². The van der Waals surface area contributed by atoms with Gasteiger partial charge in [-0.3, -0.25) is 9.78 Å². The maximum Gasteiger partial charge on any atom is 0.257 e. The topological polar surface area (TPSA) is 62.7 Å². The molecule has 0 spiro atoms. The van der Waals surface area contributed by atoms with Crippen molar-refractivity contribution in [3.63, 3.8) is 0 Å². The van der Waals surface area contributed by atoms with Crippen molar-refractivity contribution in [2.24, 2.45) is 0 Å². The van der Waals surface area contributed by atoms with Crippen LogP contribution in [0, 0.1) is 0 Å². The molecule has 1 amide bonds. The van der Waals surface area contributed by atoms with Crippen LogP contribution in [0.5, 0.6) is 5.75 Å². The summed E-state index contributed by atoms with van der Waals surface area (Å²) >= 11 is 0. The van der Waals surface area contributed by atoms with Crippen LogP contribution in [0.15, 0.2) is 18.5 Å². The predicted octanol–water partition coefficient (Wildman–Crippen LogP) is 1.82. The van der Waals surface area contributed by atoms with Gasteiger partial charge in [-0.2, -0.15) is 0 Å². The van der Waals surface area contributed by atoms with E-state index in [1.54, 1.807) is 11.0 Å². The summed E-state index contributed by atoms with van der Waals surface area (Å²) in [6.07, 6.45) is 6.16. The van der Waals surface area contributed by atoms with E-state index in [-0.39, 0.29) is 17.8 Å². The monoisotopic (exact) mass is 264 g/mol. The number of hydrogen-bond donors (Lipinski definition) is 1. The van der Waals surface area contributed by atoms with Crippen LogP contribution in [0.1, 0.15) is 36.5 Å². The molecule has 1 aliphatic heterocycles. The van der Waals surface area contributed by atoms with Gasteiger partial charge in [0.2, 0.25) is 0 Å². The number of rotatable bonds is 4. The highest BCUT2D eigenvalue weighted by Crippen LogP contribution is 2.19. The van der Waals surface area contributed by atoms with Gasteiger partial charge in [-0.1, -0.05) is 0 Å². The molecule has 1 fully saturated rings. The van der Waals surface area contributed by atoms with Crippen LogP contribution in [-0.2, 0) is 4.74 Å². The summed E-state index contributed by atoms with van der Waals surface area (Å²) in [7, 11) is 0. The fourth-order valence-electron chi connectivity index (χ4n) is 2.29. The van der Waals surface area contributed by atoms with Crippen molar-refractivity contribution in [1.29, 1.82) is 0 Å². The van der Waals surface area contributed by atoms with E-state index in [0.717, 1.165) is 25.9 Å². The van der Waals surface area contributed by atoms with Crippen LogP contribution in [-0.4, -0.2) is 46.7 Å². The number of aromatic nitrogens is 1. The van der Waals surface area contributed by atoms with Gasteiger partial charge >= 0.3 is 0 Å². The van der Waals surface area contributed by atoms with Crippen molar-refractivity contribution in [2.45, 2.75) is 32.3 Å². The van der Waals surface area contributed by atoms with Crippen LogP contribution >= 0.6 is 0 Å². The van der Waals surface area contributed by atoms with Gasteiger partial charge in [0.25, 0.3) is 5.91 Å². The quantitative estimate of drug-likeness (QED) is 0.901. The minimum atomic E-state index is -0.170. The SMILES string of the molecule is CCN(C[C@H]1CCCCO1)C(=O)c1ccncc1O. The van der Waals surface area contributed by atoms with Crippen molar-refractivity contribution in [3.05, 3.63) is 24.0 Å². The first kappa shape index (κ1) is 13.8. The van der Waals surface area contributed by atoms with Crippen LogP contribution in [0.25, 0.3) is 0 Å². The van der Waals surface area contributed by atoms with E-state index in [1.165, 1.54) is 12.4 Å². The first-order chi connectivity index (χ1) is 9.22. The average Bonchev–Trinajstić information content (AvgIpc) is 2.46. The van der Waals surface area contributed by atoms with Crippen molar-refractivity contribution in [3.8, 4) is 5.75 Å². The maximum atomic E-state index is 12.4. The van der Waals surface area contributed by atoms with Gasteiger partial charge in [0, 0.05) is 25.9 Å². The number of carbonyl (C=O) groups excluding carboxylic acids is 1. The lowest BCUT2D eigenvalue weighted by molar-refractivity contribution is -0.00317. The van der Waals surface area contributed by atoms with Gasteiger partial charge in [-0.05, 0) is 32.3 Å². The molecule has 0 saturated carbocycles. The molecular weight excluding hydrogens is 244 g/mol. The highest BCUT2D eigenvalue weighted by Gasteiger charge is 2.22. The lowest BCUT2D eigenvalue weighted by atomic mass is 10.1. The Bertz CT molecular complexity index is 430. The zero-order valence-corrected chi connectivity index (χ0v) is 11.2. The molecule has 0 bridgehead atoms. The third-order valence-electron chi connectivity index (χ3n) is 3.40. The minimum absolute atomic E-state index is 0.0736. The Hall–Kier alpha value is -1.62. The molecule has 0 aromatic carbocycles. The molecule has 104 valence electrons. The minimum Gasteiger partial charge on any atom is -0.505 e. The first-order valence-corrected chi connectivity index (χ1v) is 6.76. The van der Waals surface area contributed by atoms with Crippen molar-refractivity contribution in [2.75, 3.05) is 19.7 Å². The standard InChI is InChI=1S/C14H20N2O3/c1-2-16(10-11-5-3-4-8-19-11)14(18)12-6-7-15-9-13(12)17/h6-7,9,11,17H,2-5,8,10H2,1H3/t11-/m1/s1. The summed E-state index contributed by atoms with van der Waals surface area (Å²) < 4.78 is 5.66. The predicted molar refractivity (Wildman–Crippen MR) is 71.1 cm³/mol. The molecule has 19 heavy (non-hydrogen) atoms. The van der Waals surface area contributed by atoms with Crippen LogP contribution < -0.4 is 0 Å². The lowest BCUT2D eigenvalue weighted by Gasteiger charge is -2.29. The van der Waals surface area contributed by atoms with Gasteiger partial charge in [-0.15, -0.1) is 0 Å². The van der Waals surface area contributed by atoms with E-state index in [0.29, 0.717) is 18.7 Å². The number of carbonyl (C=O) groups is 1. The second-order valence-corrected chi connectivity index (χ2v) is 4.73. The lowest BCUT2D eigenvalue weighted by Crippen LogP contribution is -2.39. The zero-order valence-electron chi connectivity index (χ0n) is 11.2. The van der Waals surface area contributed by atoms with E-state index in [2.05, 4.69) is 4.98 Å². The third kappa shape index (κ3) is 3.44. The van der Waals surface area contributed by atoms with Crippen molar-refractivity contribution >= 4 is 5.91 Å². The normalized spacial score (nSPS) is 19.1. The average molecular weight is 264 g/mol. The van der Waals surface area contributed by atoms with Crippen LogP contribution in [0.3, 0.4) is 0 Å². The Morgan fingerprint density at radius 3 is 3.05 bits per heavy atom. The highest BCUT2D eigenvalue weighted by molar-refractivity contribution is 5.96. The summed E-state index contributed by atoms with van der Waals surface area (Å²) in [5.74, 6) is -0.243. The van der Waals surface area contributed by atoms with Gasteiger partial charge < -0.3 is 14.7 Å². The van der Waals surface area contributed by atoms with E-state index >= 15 is 0 Å². The number of amides is 1. The largest absolute Gasteiger partial charge is 0.505 e. The molecule has 1 atom stereocenters. The molecule has 1 aromatic rings. The molecule has 2 heterocycles. The van der Waals surface area contributed by atoms with Crippen molar-refractivity contribution in [1.82, 2.24) is 9.88 Å². The maximum absolute atomic E-state index is 12.4. The second-order valence-electron chi connectivity index (χ2n) is 4.73. The van der Waals surface area contributed by atoms with E-state index in [4.69, 9.17) is 4.74 Å². The molecular formula is C14H20N2O3. The molecule has 5 nitrogen and oxygen atoms in total. The molecule has 5 heteroatoms. The van der Waals surface area contributed by atoms with E-state index < -0.39 is 0 Å². The van der Waals surface area contributed by atoms with Gasteiger partial charge in [0.15, 0.2) is 0 Å². The number of likely N-dealkylation sites (N-methyl/N-ethyl adjacent to an activating group) is 1. The third-order valence-corrected chi connectivity index (χ3v) is 3.40.